The van der Waals surface area contributed by atoms with E-state index in [1.54, 1.807) is 12.1 Å². The molecule has 2 N–H and O–H groups in total. The largest absolute Gasteiger partial charge is 0.481 e. The smallest absolute Gasteiger partial charge is 0.394 e. The summed E-state index contributed by atoms with van der Waals surface area (Å²) < 4.78 is 38.2. The highest BCUT2D eigenvalue weighted by atomic mass is 19.4. The zero-order valence-corrected chi connectivity index (χ0v) is 11.6. The fourth-order valence-electron chi connectivity index (χ4n) is 1.66. The van der Waals surface area contributed by atoms with Crippen molar-refractivity contribution in [2.45, 2.75) is 32.9 Å². The Hall–Kier alpha value is -2.05. The minimum Gasteiger partial charge on any atom is -0.481 e. The normalized spacial score (nSPS) is 12.0. The standard InChI is InChI=1S/C14H16F3NO3/c1-13(2,14(15,16)17)8-11(19)18-10-6-4-3-5-9(10)7-12(20)21/h3-6H,7-8H2,1-2H3,(H,18,19)(H,20,21). The third kappa shape index (κ3) is 4.77. The number of carboxylic acids is 1. The second kappa shape index (κ2) is 6.15. The summed E-state index contributed by atoms with van der Waals surface area (Å²) in [5, 5.41) is 11.1. The van der Waals surface area contributed by atoms with Gasteiger partial charge in [0, 0.05) is 12.1 Å². The van der Waals surface area contributed by atoms with Crippen LogP contribution in [0.5, 0.6) is 0 Å². The van der Waals surface area contributed by atoms with Gasteiger partial charge in [-0.1, -0.05) is 32.0 Å². The first-order chi connectivity index (χ1) is 9.53. The molecule has 1 aromatic carbocycles. The van der Waals surface area contributed by atoms with Crippen molar-refractivity contribution in [3.05, 3.63) is 29.8 Å². The lowest BCUT2D eigenvalue weighted by atomic mass is 9.88. The van der Waals surface area contributed by atoms with E-state index in [1.165, 1.54) is 12.1 Å². The summed E-state index contributed by atoms with van der Waals surface area (Å²) in [6.45, 7) is 1.88. The SMILES string of the molecule is CC(C)(CC(=O)Nc1ccccc1CC(=O)O)C(F)(F)F. The van der Waals surface area contributed by atoms with Crippen molar-refractivity contribution >= 4 is 17.6 Å². The summed E-state index contributed by atoms with van der Waals surface area (Å²) >= 11 is 0. The number of nitrogens with one attached hydrogen (secondary N) is 1. The van der Waals surface area contributed by atoms with Gasteiger partial charge in [-0.2, -0.15) is 13.2 Å². The Labute approximate surface area is 120 Å². The molecule has 0 radical (unpaired) electrons. The summed E-state index contributed by atoms with van der Waals surface area (Å²) in [6.07, 6.45) is -5.55. The fraction of sp³-hybridized carbons (Fsp3) is 0.429. The lowest BCUT2D eigenvalue weighted by Gasteiger charge is -2.27. The van der Waals surface area contributed by atoms with Gasteiger partial charge in [0.1, 0.15) is 0 Å². The van der Waals surface area contributed by atoms with E-state index in [0.29, 0.717) is 5.56 Å². The van der Waals surface area contributed by atoms with Crippen molar-refractivity contribution in [1.29, 1.82) is 0 Å². The predicted molar refractivity (Wildman–Crippen MR) is 70.9 cm³/mol. The number of alkyl halides is 3. The Morgan fingerprint density at radius 2 is 1.76 bits per heavy atom. The van der Waals surface area contributed by atoms with E-state index in [1.807, 2.05) is 0 Å². The quantitative estimate of drug-likeness (QED) is 0.877. The molecular weight excluding hydrogens is 287 g/mol. The summed E-state index contributed by atoms with van der Waals surface area (Å²) in [6, 6.07) is 6.11. The van der Waals surface area contributed by atoms with Gasteiger partial charge in [0.25, 0.3) is 0 Å². The van der Waals surface area contributed by atoms with E-state index < -0.39 is 29.9 Å². The molecule has 0 aliphatic rings. The number of hydrogen-bond acceptors (Lipinski definition) is 2. The lowest BCUT2D eigenvalue weighted by molar-refractivity contribution is -0.213. The average Bonchev–Trinajstić information content (AvgIpc) is 2.28. The molecule has 0 bridgehead atoms. The third-order valence-corrected chi connectivity index (χ3v) is 3.00. The number of hydrogen-bond donors (Lipinski definition) is 2. The number of halogens is 3. The Kier molecular flexibility index (Phi) is 4.98. The van der Waals surface area contributed by atoms with Crippen LogP contribution in [0.3, 0.4) is 0 Å². The first kappa shape index (κ1) is 17.0. The second-order valence-corrected chi connectivity index (χ2v) is 5.33. The molecular formula is C14H16F3NO3. The maximum absolute atomic E-state index is 12.7. The summed E-state index contributed by atoms with van der Waals surface area (Å²) in [4.78, 5) is 22.5. The van der Waals surface area contributed by atoms with Gasteiger partial charge in [0.2, 0.25) is 5.91 Å². The van der Waals surface area contributed by atoms with E-state index in [9.17, 15) is 22.8 Å². The number of rotatable bonds is 5. The minimum absolute atomic E-state index is 0.211. The van der Waals surface area contributed by atoms with Crippen molar-refractivity contribution < 1.29 is 27.9 Å². The number of anilines is 1. The van der Waals surface area contributed by atoms with Crippen LogP contribution in [0, 0.1) is 5.41 Å². The van der Waals surface area contributed by atoms with Crippen molar-refractivity contribution in [1.82, 2.24) is 0 Å². The van der Waals surface area contributed by atoms with Gasteiger partial charge in [-0.15, -0.1) is 0 Å². The van der Waals surface area contributed by atoms with E-state index in [0.717, 1.165) is 13.8 Å². The first-order valence-corrected chi connectivity index (χ1v) is 6.19. The number of carboxylic acid groups (broad SMARTS) is 1. The lowest BCUT2D eigenvalue weighted by Crippen LogP contribution is -2.36. The first-order valence-electron chi connectivity index (χ1n) is 6.19. The van der Waals surface area contributed by atoms with Gasteiger partial charge in [0.05, 0.1) is 11.8 Å². The molecule has 21 heavy (non-hydrogen) atoms. The molecule has 0 heterocycles. The Bertz CT molecular complexity index is 539. The summed E-state index contributed by atoms with van der Waals surface area (Å²) in [5.74, 6) is -1.90. The summed E-state index contributed by atoms with van der Waals surface area (Å²) in [7, 11) is 0. The molecule has 1 aromatic rings. The van der Waals surface area contributed by atoms with Crippen molar-refractivity contribution in [2.24, 2.45) is 5.41 Å². The van der Waals surface area contributed by atoms with Gasteiger partial charge >= 0.3 is 12.1 Å². The van der Waals surface area contributed by atoms with Crippen LogP contribution < -0.4 is 5.32 Å². The highest BCUT2D eigenvalue weighted by Crippen LogP contribution is 2.40. The molecule has 1 rings (SSSR count). The number of para-hydroxylation sites is 1. The molecule has 0 saturated carbocycles. The van der Waals surface area contributed by atoms with Crippen LogP contribution in [0.25, 0.3) is 0 Å². The Morgan fingerprint density at radius 1 is 1.19 bits per heavy atom. The van der Waals surface area contributed by atoms with Gasteiger partial charge in [0.15, 0.2) is 0 Å². The monoisotopic (exact) mass is 303 g/mol. The molecule has 4 nitrogen and oxygen atoms in total. The maximum Gasteiger partial charge on any atom is 0.394 e. The van der Waals surface area contributed by atoms with Gasteiger partial charge in [-0.05, 0) is 11.6 Å². The molecule has 0 aliphatic carbocycles. The van der Waals surface area contributed by atoms with E-state index in [4.69, 9.17) is 5.11 Å². The minimum atomic E-state index is -4.50. The number of carbonyl (C=O) groups excluding carboxylic acids is 1. The van der Waals surface area contributed by atoms with Crippen LogP contribution in [0.4, 0.5) is 18.9 Å². The van der Waals surface area contributed by atoms with Crippen LogP contribution in [0.1, 0.15) is 25.8 Å². The van der Waals surface area contributed by atoms with Crippen LogP contribution >= 0.6 is 0 Å². The molecule has 0 unspecified atom stereocenters. The molecule has 7 heteroatoms. The van der Waals surface area contributed by atoms with E-state index in [-0.39, 0.29) is 12.1 Å². The summed E-state index contributed by atoms with van der Waals surface area (Å²) in [5.41, 5.74) is -1.61. The Morgan fingerprint density at radius 3 is 2.29 bits per heavy atom. The van der Waals surface area contributed by atoms with E-state index >= 15 is 0 Å². The number of amides is 1. The van der Waals surface area contributed by atoms with Gasteiger partial charge in [-0.3, -0.25) is 9.59 Å². The van der Waals surface area contributed by atoms with Crippen LogP contribution in [0.2, 0.25) is 0 Å². The molecule has 0 saturated heterocycles. The fourth-order valence-corrected chi connectivity index (χ4v) is 1.66. The van der Waals surface area contributed by atoms with Crippen molar-refractivity contribution in [2.75, 3.05) is 5.32 Å². The zero-order chi connectivity index (χ0) is 16.3. The van der Waals surface area contributed by atoms with Crippen molar-refractivity contribution in [3.8, 4) is 0 Å². The second-order valence-electron chi connectivity index (χ2n) is 5.33. The van der Waals surface area contributed by atoms with Crippen LogP contribution in [0.15, 0.2) is 24.3 Å². The Balaban J connectivity index is 2.83. The highest BCUT2D eigenvalue weighted by Gasteiger charge is 2.48. The topological polar surface area (TPSA) is 66.4 Å². The number of benzene rings is 1. The molecule has 0 aliphatic heterocycles. The van der Waals surface area contributed by atoms with Gasteiger partial charge in [-0.25, -0.2) is 0 Å². The average molecular weight is 303 g/mol. The third-order valence-electron chi connectivity index (χ3n) is 3.00. The molecule has 0 spiro atoms. The van der Waals surface area contributed by atoms with Crippen LogP contribution in [-0.4, -0.2) is 23.2 Å². The maximum atomic E-state index is 12.7. The number of aliphatic carboxylic acids is 1. The molecule has 116 valence electrons. The van der Waals surface area contributed by atoms with E-state index in [2.05, 4.69) is 5.32 Å². The highest BCUT2D eigenvalue weighted by molar-refractivity contribution is 5.92. The van der Waals surface area contributed by atoms with Crippen LogP contribution in [-0.2, 0) is 16.0 Å². The molecule has 0 atom stereocenters. The van der Waals surface area contributed by atoms with Gasteiger partial charge < -0.3 is 10.4 Å². The number of carbonyl (C=O) groups is 2. The molecule has 0 fully saturated rings. The molecule has 1 amide bonds. The van der Waals surface area contributed by atoms with Crippen molar-refractivity contribution in [3.63, 3.8) is 0 Å². The predicted octanol–water partition coefficient (Wildman–Crippen LogP) is 3.23. The zero-order valence-electron chi connectivity index (χ0n) is 11.6. The molecule has 0 aromatic heterocycles.